The van der Waals surface area contributed by atoms with Crippen LogP contribution in [-0.2, 0) is 28.9 Å². The molecule has 1 aliphatic heterocycles. The molecule has 0 bridgehead atoms. The van der Waals surface area contributed by atoms with Crippen molar-refractivity contribution < 1.29 is 9.53 Å². The first-order valence-electron chi connectivity index (χ1n) is 10.8. The zero-order chi connectivity index (χ0) is 22.1. The van der Waals surface area contributed by atoms with E-state index >= 15 is 0 Å². The van der Waals surface area contributed by atoms with E-state index in [4.69, 9.17) is 9.72 Å². The van der Waals surface area contributed by atoms with Gasteiger partial charge in [-0.25, -0.2) is 9.99 Å². The highest BCUT2D eigenvalue weighted by Crippen LogP contribution is 2.35. The van der Waals surface area contributed by atoms with E-state index in [0.717, 1.165) is 47.2 Å². The van der Waals surface area contributed by atoms with Crippen molar-refractivity contribution in [3.8, 4) is 0 Å². The van der Waals surface area contributed by atoms with Gasteiger partial charge in [0.05, 0.1) is 36.5 Å². The standard InChI is InChI=1S/C23H24N4O3S2/c1-30-13-12-26-22(29)20-16-8-5-9-18(16)32-21(20)24-23(26)31-14-19(28)27-11-10-17(25-27)15-6-3-2-4-7-15/h2-4,6-7H,5,8-14H2,1H3. The van der Waals surface area contributed by atoms with Gasteiger partial charge in [0.1, 0.15) is 4.83 Å². The van der Waals surface area contributed by atoms with E-state index in [-0.39, 0.29) is 17.2 Å². The fourth-order valence-corrected chi connectivity index (χ4v) is 6.42. The smallest absolute Gasteiger partial charge is 0.263 e. The van der Waals surface area contributed by atoms with Gasteiger partial charge in [-0.2, -0.15) is 5.10 Å². The average molecular weight is 469 g/mol. The third kappa shape index (κ3) is 4.00. The van der Waals surface area contributed by atoms with Gasteiger partial charge in [-0.15, -0.1) is 11.3 Å². The van der Waals surface area contributed by atoms with Gasteiger partial charge in [0, 0.05) is 18.4 Å². The van der Waals surface area contributed by atoms with Crippen LogP contribution >= 0.6 is 23.1 Å². The van der Waals surface area contributed by atoms with Crippen LogP contribution in [0.15, 0.2) is 45.4 Å². The summed E-state index contributed by atoms with van der Waals surface area (Å²) in [5.74, 6) is 0.101. The zero-order valence-electron chi connectivity index (χ0n) is 17.9. The molecule has 0 saturated heterocycles. The molecule has 5 rings (SSSR count). The Kier molecular flexibility index (Phi) is 6.12. The summed E-state index contributed by atoms with van der Waals surface area (Å²) in [6.45, 7) is 1.40. The predicted octanol–water partition coefficient (Wildman–Crippen LogP) is 3.32. The molecule has 2 aliphatic rings. The summed E-state index contributed by atoms with van der Waals surface area (Å²) in [4.78, 5) is 33.0. The highest BCUT2D eigenvalue weighted by atomic mass is 32.2. The maximum atomic E-state index is 13.3. The molecule has 1 aromatic carbocycles. The molecule has 0 radical (unpaired) electrons. The van der Waals surface area contributed by atoms with Crippen LogP contribution in [0.3, 0.4) is 0 Å². The van der Waals surface area contributed by atoms with Gasteiger partial charge in [-0.1, -0.05) is 42.1 Å². The number of nitrogens with zero attached hydrogens (tertiary/aromatic N) is 4. The number of benzene rings is 1. The Morgan fingerprint density at radius 3 is 2.88 bits per heavy atom. The number of ether oxygens (including phenoxy) is 1. The number of hydrogen-bond donors (Lipinski definition) is 0. The van der Waals surface area contributed by atoms with Crippen molar-refractivity contribution in [1.82, 2.24) is 14.6 Å². The van der Waals surface area contributed by atoms with E-state index in [1.165, 1.54) is 27.2 Å². The van der Waals surface area contributed by atoms with Gasteiger partial charge < -0.3 is 4.74 Å². The predicted molar refractivity (Wildman–Crippen MR) is 128 cm³/mol. The molecular formula is C23H24N4O3S2. The van der Waals surface area contributed by atoms with Crippen LogP contribution in [0.1, 0.15) is 28.8 Å². The number of carbonyl (C=O) groups is 1. The van der Waals surface area contributed by atoms with Gasteiger partial charge in [-0.05, 0) is 30.4 Å². The molecule has 9 heteroatoms. The van der Waals surface area contributed by atoms with Crippen molar-refractivity contribution in [2.24, 2.45) is 5.10 Å². The van der Waals surface area contributed by atoms with Crippen LogP contribution in [0.4, 0.5) is 0 Å². The molecule has 1 aliphatic carbocycles. The largest absolute Gasteiger partial charge is 0.383 e. The number of rotatable bonds is 7. The second kappa shape index (κ2) is 9.17. The molecular weight excluding hydrogens is 444 g/mol. The van der Waals surface area contributed by atoms with E-state index in [9.17, 15) is 9.59 Å². The van der Waals surface area contributed by atoms with Crippen molar-refractivity contribution in [3.05, 3.63) is 56.7 Å². The average Bonchev–Trinajstić information content (AvgIpc) is 3.53. The molecule has 0 fully saturated rings. The quantitative estimate of drug-likeness (QED) is 0.393. The summed E-state index contributed by atoms with van der Waals surface area (Å²) in [7, 11) is 1.62. The highest BCUT2D eigenvalue weighted by Gasteiger charge is 2.25. The molecule has 0 atom stereocenters. The van der Waals surface area contributed by atoms with Crippen LogP contribution in [0, 0.1) is 0 Å². The summed E-state index contributed by atoms with van der Waals surface area (Å²) < 4.78 is 6.88. The molecule has 0 N–H and O–H groups in total. The van der Waals surface area contributed by atoms with Crippen molar-refractivity contribution in [3.63, 3.8) is 0 Å². The Morgan fingerprint density at radius 2 is 2.06 bits per heavy atom. The van der Waals surface area contributed by atoms with Crippen molar-refractivity contribution >= 4 is 44.9 Å². The Balaban J connectivity index is 1.37. The normalized spacial score (nSPS) is 15.4. The number of aromatic nitrogens is 2. The van der Waals surface area contributed by atoms with Gasteiger partial charge in [0.2, 0.25) is 0 Å². The highest BCUT2D eigenvalue weighted by molar-refractivity contribution is 7.99. The van der Waals surface area contributed by atoms with Gasteiger partial charge in [-0.3, -0.25) is 14.2 Å². The lowest BCUT2D eigenvalue weighted by Crippen LogP contribution is -2.28. The van der Waals surface area contributed by atoms with Gasteiger partial charge in [0.25, 0.3) is 11.5 Å². The molecule has 0 saturated carbocycles. The fraction of sp³-hybridized carbons (Fsp3) is 0.391. The zero-order valence-corrected chi connectivity index (χ0v) is 19.5. The lowest BCUT2D eigenvalue weighted by atomic mass is 10.1. The number of hydrazone groups is 1. The summed E-state index contributed by atoms with van der Waals surface area (Å²) in [6, 6.07) is 9.92. The molecule has 3 aromatic rings. The molecule has 0 spiro atoms. The summed E-state index contributed by atoms with van der Waals surface area (Å²) in [5, 5.41) is 7.38. The number of fused-ring (bicyclic) bond motifs is 3. The summed E-state index contributed by atoms with van der Waals surface area (Å²) in [6.07, 6.45) is 3.80. The topological polar surface area (TPSA) is 76.8 Å². The minimum Gasteiger partial charge on any atom is -0.383 e. The third-order valence-corrected chi connectivity index (χ3v) is 7.98. The number of carbonyl (C=O) groups excluding carboxylic acids is 1. The molecule has 3 heterocycles. The van der Waals surface area contributed by atoms with Crippen molar-refractivity contribution in [2.75, 3.05) is 26.0 Å². The monoisotopic (exact) mass is 468 g/mol. The minimum absolute atomic E-state index is 0.0213. The Hall–Kier alpha value is -2.49. The Labute approximate surface area is 194 Å². The van der Waals surface area contributed by atoms with Crippen LogP contribution in [0.5, 0.6) is 0 Å². The van der Waals surface area contributed by atoms with Crippen LogP contribution in [-0.4, -0.2) is 52.2 Å². The van der Waals surface area contributed by atoms with Gasteiger partial charge in [0.15, 0.2) is 5.16 Å². The molecule has 166 valence electrons. The molecule has 2 aromatic heterocycles. The maximum Gasteiger partial charge on any atom is 0.263 e. The first-order valence-corrected chi connectivity index (χ1v) is 12.6. The number of thioether (sulfide) groups is 1. The molecule has 7 nitrogen and oxygen atoms in total. The number of hydrogen-bond acceptors (Lipinski definition) is 7. The first kappa shape index (κ1) is 21.4. The maximum absolute atomic E-state index is 13.3. The van der Waals surface area contributed by atoms with E-state index in [0.29, 0.717) is 24.9 Å². The lowest BCUT2D eigenvalue weighted by molar-refractivity contribution is -0.127. The SMILES string of the molecule is COCCn1c(SCC(=O)N2CCC(c3ccccc3)=N2)nc2sc3c(c2c1=O)CCC3. The fourth-order valence-electron chi connectivity index (χ4n) is 4.22. The summed E-state index contributed by atoms with van der Waals surface area (Å²) >= 11 is 2.92. The van der Waals surface area contributed by atoms with Crippen LogP contribution < -0.4 is 5.56 Å². The number of thiophene rings is 1. The molecule has 0 unspecified atom stereocenters. The third-order valence-electron chi connectivity index (χ3n) is 5.83. The Morgan fingerprint density at radius 1 is 1.22 bits per heavy atom. The number of aryl methyl sites for hydroxylation is 2. The second-order valence-electron chi connectivity index (χ2n) is 7.85. The van der Waals surface area contributed by atoms with Gasteiger partial charge >= 0.3 is 0 Å². The van der Waals surface area contributed by atoms with Crippen molar-refractivity contribution in [2.45, 2.75) is 37.4 Å². The lowest BCUT2D eigenvalue weighted by Gasteiger charge is -2.14. The second-order valence-corrected chi connectivity index (χ2v) is 9.88. The van der Waals surface area contributed by atoms with Crippen LogP contribution in [0.2, 0.25) is 0 Å². The Bertz CT molecular complexity index is 1250. The van der Waals surface area contributed by atoms with E-state index in [1.807, 2.05) is 30.3 Å². The number of methoxy groups -OCH3 is 1. The van der Waals surface area contributed by atoms with E-state index in [1.54, 1.807) is 23.0 Å². The van der Waals surface area contributed by atoms with Crippen molar-refractivity contribution in [1.29, 1.82) is 0 Å². The summed E-state index contributed by atoms with van der Waals surface area (Å²) in [5.41, 5.74) is 3.11. The van der Waals surface area contributed by atoms with Crippen LogP contribution in [0.25, 0.3) is 10.2 Å². The number of amides is 1. The van der Waals surface area contributed by atoms with E-state index in [2.05, 4.69) is 5.10 Å². The first-order chi connectivity index (χ1) is 15.7. The van der Waals surface area contributed by atoms with E-state index < -0.39 is 0 Å². The molecule has 1 amide bonds. The molecule has 32 heavy (non-hydrogen) atoms. The minimum atomic E-state index is -0.0813.